The van der Waals surface area contributed by atoms with Crippen molar-refractivity contribution in [2.24, 2.45) is 0 Å². The smallest absolute Gasteiger partial charge is 0.184 e. The topological polar surface area (TPSA) is 34.9 Å². The predicted octanol–water partition coefficient (Wildman–Crippen LogP) is 2.38. The molecule has 2 aromatic rings. The Labute approximate surface area is 94.7 Å². The van der Waals surface area contributed by atoms with Crippen LogP contribution in [-0.2, 0) is 6.54 Å². The number of hydrogen-bond acceptors (Lipinski definition) is 2. The molecule has 0 bridgehead atoms. The first-order valence-electron chi connectivity index (χ1n) is 5.25. The number of ketones is 1. The van der Waals surface area contributed by atoms with E-state index in [-0.39, 0.29) is 5.78 Å². The molecule has 2 rings (SSSR count). The lowest BCUT2D eigenvalue weighted by atomic mass is 10.0. The minimum absolute atomic E-state index is 0.102. The van der Waals surface area contributed by atoms with Crippen LogP contribution < -0.4 is 0 Å². The number of nitrogens with zero attached hydrogens (tertiary/aromatic N) is 2. The summed E-state index contributed by atoms with van der Waals surface area (Å²) in [6, 6.07) is 7.74. The Morgan fingerprint density at radius 2 is 2.19 bits per heavy atom. The van der Waals surface area contributed by atoms with E-state index in [4.69, 9.17) is 0 Å². The molecule has 0 amide bonds. The van der Waals surface area contributed by atoms with Gasteiger partial charge in [-0.2, -0.15) is 5.10 Å². The second-order valence-corrected chi connectivity index (χ2v) is 3.95. The SMILES string of the molecule is Cc1ccc(C)c(C(=O)Cn2cccn2)c1. The Bertz CT molecular complexity index is 501. The predicted molar refractivity (Wildman–Crippen MR) is 62.5 cm³/mol. The van der Waals surface area contributed by atoms with Crippen molar-refractivity contribution < 1.29 is 4.79 Å². The van der Waals surface area contributed by atoms with Gasteiger partial charge in [0.2, 0.25) is 0 Å². The van der Waals surface area contributed by atoms with Gasteiger partial charge in [0.1, 0.15) is 6.54 Å². The van der Waals surface area contributed by atoms with Gasteiger partial charge in [0.15, 0.2) is 5.78 Å². The van der Waals surface area contributed by atoms with Crippen molar-refractivity contribution in [3.05, 3.63) is 53.3 Å². The monoisotopic (exact) mass is 214 g/mol. The van der Waals surface area contributed by atoms with Gasteiger partial charge in [0.25, 0.3) is 0 Å². The van der Waals surface area contributed by atoms with Crippen LogP contribution in [0, 0.1) is 13.8 Å². The first kappa shape index (κ1) is 10.6. The van der Waals surface area contributed by atoms with Crippen LogP contribution in [-0.4, -0.2) is 15.6 Å². The molecule has 82 valence electrons. The summed E-state index contributed by atoms with van der Waals surface area (Å²) >= 11 is 0. The Balaban J connectivity index is 2.24. The van der Waals surface area contributed by atoms with Gasteiger partial charge < -0.3 is 0 Å². The number of aryl methyl sites for hydroxylation is 2. The maximum atomic E-state index is 12.0. The third-order valence-electron chi connectivity index (χ3n) is 2.56. The standard InChI is InChI=1S/C13H14N2O/c1-10-4-5-11(2)12(8-10)13(16)9-15-7-3-6-14-15/h3-8H,9H2,1-2H3. The van der Waals surface area contributed by atoms with Crippen LogP contribution in [0.5, 0.6) is 0 Å². The van der Waals surface area contributed by atoms with Gasteiger partial charge in [0.05, 0.1) is 0 Å². The fourth-order valence-corrected chi connectivity index (χ4v) is 1.66. The molecule has 0 atom stereocenters. The largest absolute Gasteiger partial charge is 0.292 e. The normalized spacial score (nSPS) is 10.4. The van der Waals surface area contributed by atoms with Gasteiger partial charge in [-0.1, -0.05) is 17.7 Å². The molecule has 0 unspecified atom stereocenters. The van der Waals surface area contributed by atoms with E-state index in [1.165, 1.54) is 0 Å². The molecule has 0 fully saturated rings. The molecule has 0 radical (unpaired) electrons. The third kappa shape index (κ3) is 2.19. The number of carbonyl (C=O) groups is 1. The molecule has 0 saturated heterocycles. The number of rotatable bonds is 3. The van der Waals surface area contributed by atoms with Crippen molar-refractivity contribution in [2.45, 2.75) is 20.4 Å². The summed E-state index contributed by atoms with van der Waals surface area (Å²) in [5, 5.41) is 4.03. The van der Waals surface area contributed by atoms with Crippen molar-refractivity contribution in [2.75, 3.05) is 0 Å². The molecule has 0 N–H and O–H groups in total. The van der Waals surface area contributed by atoms with E-state index in [0.717, 1.165) is 16.7 Å². The summed E-state index contributed by atoms with van der Waals surface area (Å²) in [6.07, 6.45) is 3.47. The van der Waals surface area contributed by atoms with Gasteiger partial charge in [-0.05, 0) is 31.5 Å². The zero-order chi connectivity index (χ0) is 11.5. The second kappa shape index (κ2) is 4.31. The molecule has 0 aliphatic rings. The van der Waals surface area contributed by atoms with E-state index in [2.05, 4.69) is 5.10 Å². The van der Waals surface area contributed by atoms with Gasteiger partial charge in [-0.25, -0.2) is 0 Å². The highest BCUT2D eigenvalue weighted by Crippen LogP contribution is 2.12. The summed E-state index contributed by atoms with van der Waals surface area (Å²) < 4.78 is 1.64. The zero-order valence-electron chi connectivity index (χ0n) is 9.47. The number of aromatic nitrogens is 2. The lowest BCUT2D eigenvalue weighted by molar-refractivity contribution is 0.0967. The van der Waals surface area contributed by atoms with Crippen molar-refractivity contribution in [1.29, 1.82) is 0 Å². The Kier molecular flexibility index (Phi) is 2.86. The number of hydrogen-bond donors (Lipinski definition) is 0. The van der Waals surface area contributed by atoms with Crippen LogP contribution in [0.4, 0.5) is 0 Å². The molecule has 3 nitrogen and oxygen atoms in total. The van der Waals surface area contributed by atoms with Crippen LogP contribution in [0.1, 0.15) is 21.5 Å². The van der Waals surface area contributed by atoms with Crippen molar-refractivity contribution in [1.82, 2.24) is 9.78 Å². The molecule has 1 heterocycles. The zero-order valence-corrected chi connectivity index (χ0v) is 9.47. The van der Waals surface area contributed by atoms with Gasteiger partial charge >= 0.3 is 0 Å². The molecule has 3 heteroatoms. The Hall–Kier alpha value is -1.90. The van der Waals surface area contributed by atoms with E-state index in [9.17, 15) is 4.79 Å². The van der Waals surface area contributed by atoms with E-state index in [1.54, 1.807) is 17.1 Å². The lowest BCUT2D eigenvalue weighted by Gasteiger charge is -2.06. The molecule has 0 aliphatic carbocycles. The Morgan fingerprint density at radius 1 is 1.38 bits per heavy atom. The number of carbonyl (C=O) groups excluding carboxylic acids is 1. The average Bonchev–Trinajstić information content (AvgIpc) is 2.74. The second-order valence-electron chi connectivity index (χ2n) is 3.95. The highest BCUT2D eigenvalue weighted by atomic mass is 16.1. The average molecular weight is 214 g/mol. The van der Waals surface area contributed by atoms with E-state index in [1.807, 2.05) is 38.1 Å². The van der Waals surface area contributed by atoms with Crippen LogP contribution in [0.2, 0.25) is 0 Å². The lowest BCUT2D eigenvalue weighted by Crippen LogP contribution is -2.12. The summed E-state index contributed by atoms with van der Waals surface area (Å²) in [4.78, 5) is 12.0. The number of Topliss-reactive ketones (excluding diaryl/α,β-unsaturated/α-hetero) is 1. The van der Waals surface area contributed by atoms with E-state index >= 15 is 0 Å². The fraction of sp³-hybridized carbons (Fsp3) is 0.231. The summed E-state index contributed by atoms with van der Waals surface area (Å²) in [7, 11) is 0. The highest BCUT2D eigenvalue weighted by Gasteiger charge is 2.09. The molecule has 1 aromatic carbocycles. The minimum Gasteiger partial charge on any atom is -0.292 e. The first-order chi connectivity index (χ1) is 7.66. The number of benzene rings is 1. The Morgan fingerprint density at radius 3 is 2.88 bits per heavy atom. The van der Waals surface area contributed by atoms with Gasteiger partial charge in [-0.15, -0.1) is 0 Å². The highest BCUT2D eigenvalue weighted by molar-refractivity contribution is 5.97. The summed E-state index contributed by atoms with van der Waals surface area (Å²) in [5.74, 6) is 0.102. The van der Waals surface area contributed by atoms with Gasteiger partial charge in [0, 0.05) is 18.0 Å². The molecule has 0 saturated carbocycles. The van der Waals surface area contributed by atoms with Crippen LogP contribution in [0.15, 0.2) is 36.7 Å². The van der Waals surface area contributed by atoms with Gasteiger partial charge in [-0.3, -0.25) is 9.48 Å². The maximum absolute atomic E-state index is 12.0. The molecular formula is C13H14N2O. The molecule has 1 aromatic heterocycles. The minimum atomic E-state index is 0.102. The van der Waals surface area contributed by atoms with Crippen LogP contribution in [0.3, 0.4) is 0 Å². The molecular weight excluding hydrogens is 200 g/mol. The molecule has 16 heavy (non-hydrogen) atoms. The third-order valence-corrected chi connectivity index (χ3v) is 2.56. The summed E-state index contributed by atoms with van der Waals surface area (Å²) in [6.45, 7) is 4.25. The van der Waals surface area contributed by atoms with E-state index < -0.39 is 0 Å². The maximum Gasteiger partial charge on any atom is 0.184 e. The summed E-state index contributed by atoms with van der Waals surface area (Å²) in [5.41, 5.74) is 2.91. The van der Waals surface area contributed by atoms with E-state index in [0.29, 0.717) is 6.54 Å². The van der Waals surface area contributed by atoms with Crippen LogP contribution in [0.25, 0.3) is 0 Å². The first-order valence-corrected chi connectivity index (χ1v) is 5.25. The van der Waals surface area contributed by atoms with Crippen molar-refractivity contribution in [3.8, 4) is 0 Å². The fourth-order valence-electron chi connectivity index (χ4n) is 1.66. The molecule has 0 spiro atoms. The van der Waals surface area contributed by atoms with Crippen molar-refractivity contribution >= 4 is 5.78 Å². The quantitative estimate of drug-likeness (QED) is 0.735. The van der Waals surface area contributed by atoms with Crippen molar-refractivity contribution in [3.63, 3.8) is 0 Å². The van der Waals surface area contributed by atoms with Crippen LogP contribution >= 0.6 is 0 Å². The molecule has 0 aliphatic heterocycles.